The summed E-state index contributed by atoms with van der Waals surface area (Å²) in [5.74, 6) is 0. The molecule has 4 aliphatic heterocycles. The van der Waals surface area contributed by atoms with E-state index in [0.29, 0.717) is 0 Å². The second-order valence-electron chi connectivity index (χ2n) is 19.7. The Bertz CT molecular complexity index is 1090. The SMILES string of the molecule is CC(C)(C)O[C@@H]1O[C@H](CO)[C@H](O)[C@H](O)[C@H]1O.CC(C)(C)O[C@H]1O[C@@H](CO)[C@H](O)[C@@H](O)[C@@H]1O.CC(C)(C)O[C@H]1O[C@H](CO)[C@@H](O)[C@H](O)[C@H]1O.CC(C)(C)S[C@@H]1O[C@H](CO)[C@H](O)[C@H](O)[C@H]1O. The lowest BCUT2D eigenvalue weighted by Crippen LogP contribution is -2.60. The summed E-state index contributed by atoms with van der Waals surface area (Å²) in [6.45, 7) is 20.1. The smallest absolute Gasteiger partial charge is 0.187 e. The van der Waals surface area contributed by atoms with Crippen LogP contribution in [-0.4, -0.2) is 252 Å². The minimum atomic E-state index is -1.39. The quantitative estimate of drug-likeness (QED) is 0.108. The summed E-state index contributed by atoms with van der Waals surface area (Å²) in [5.41, 5.74) is -2.33. The molecule has 20 atom stereocenters. The standard InChI is InChI=1S/3C10H20O6.C10H20O5S/c4*1-10(2,3)16-9-8(14)7(13)6(12)5(4-11)15-9/h4*5-9,11-14H,4H2,1-3H3/t5-,6+,7+,8-,9+;5-,6-,7+,8-,9+;5-,6-,7+,8-,9-;5-,6+,7+,8-,9+/m1011/s1. The van der Waals surface area contributed by atoms with E-state index < -0.39 is 159 Å². The highest BCUT2D eigenvalue weighted by Gasteiger charge is 2.48. The maximum Gasteiger partial charge on any atom is 0.187 e. The summed E-state index contributed by atoms with van der Waals surface area (Å²) < 4.78 is 36.9. The van der Waals surface area contributed by atoms with E-state index in [1.165, 1.54) is 11.8 Å². The van der Waals surface area contributed by atoms with E-state index in [1.807, 2.05) is 20.8 Å². The highest BCUT2D eigenvalue weighted by molar-refractivity contribution is 8.01. The zero-order valence-corrected chi connectivity index (χ0v) is 39.6. The highest BCUT2D eigenvalue weighted by atomic mass is 32.2. The molecule has 0 unspecified atom stereocenters. The lowest BCUT2D eigenvalue weighted by molar-refractivity contribution is -0.321. The van der Waals surface area contributed by atoms with Crippen molar-refractivity contribution in [2.75, 3.05) is 26.4 Å². The molecule has 4 rings (SSSR count). The first-order valence-electron chi connectivity index (χ1n) is 21.0. The van der Waals surface area contributed by atoms with Gasteiger partial charge < -0.3 is 115 Å². The second kappa shape index (κ2) is 25.9. The second-order valence-corrected chi connectivity index (χ2v) is 21.6. The molecule has 24 heteroatoms. The summed E-state index contributed by atoms with van der Waals surface area (Å²) in [7, 11) is 0. The molecule has 4 saturated heterocycles. The predicted octanol–water partition coefficient (Wildman–Crippen LogP) is -4.88. The van der Waals surface area contributed by atoms with Gasteiger partial charge in [-0.2, -0.15) is 0 Å². The Morgan fingerprint density at radius 3 is 0.750 bits per heavy atom. The topological polar surface area (TPSA) is 388 Å². The molecule has 0 aliphatic carbocycles. The number of hydrogen-bond acceptors (Lipinski definition) is 24. The highest BCUT2D eigenvalue weighted by Crippen LogP contribution is 2.36. The van der Waals surface area contributed by atoms with Gasteiger partial charge >= 0.3 is 0 Å². The minimum absolute atomic E-state index is 0.145. The third-order valence-corrected chi connectivity index (χ3v) is 10.6. The number of rotatable bonds is 8. The molecule has 0 saturated carbocycles. The zero-order chi connectivity index (χ0) is 50.0. The Kier molecular flexibility index (Phi) is 24.8. The van der Waals surface area contributed by atoms with Crippen LogP contribution in [0.15, 0.2) is 0 Å². The van der Waals surface area contributed by atoms with E-state index in [4.69, 9.17) is 53.6 Å². The third kappa shape index (κ3) is 19.4. The van der Waals surface area contributed by atoms with Crippen molar-refractivity contribution in [2.24, 2.45) is 0 Å². The van der Waals surface area contributed by atoms with Gasteiger partial charge in [0.2, 0.25) is 0 Å². The molecule has 0 amide bonds. The van der Waals surface area contributed by atoms with Gasteiger partial charge in [-0.25, -0.2) is 0 Å². The fourth-order valence-electron chi connectivity index (χ4n) is 6.05. The van der Waals surface area contributed by atoms with Gasteiger partial charge in [-0.05, 0) is 62.3 Å². The lowest BCUT2D eigenvalue weighted by Gasteiger charge is -2.41. The van der Waals surface area contributed by atoms with Crippen molar-refractivity contribution in [1.29, 1.82) is 0 Å². The van der Waals surface area contributed by atoms with Crippen LogP contribution in [0.2, 0.25) is 0 Å². The molecule has 4 aliphatic rings. The van der Waals surface area contributed by atoms with Gasteiger partial charge in [0.15, 0.2) is 18.9 Å². The molecule has 384 valence electrons. The van der Waals surface area contributed by atoms with E-state index in [-0.39, 0.29) is 11.4 Å². The lowest BCUT2D eigenvalue weighted by atomic mass is 9.99. The molecule has 0 aromatic carbocycles. The van der Waals surface area contributed by atoms with Crippen LogP contribution in [0.3, 0.4) is 0 Å². The van der Waals surface area contributed by atoms with E-state index >= 15 is 0 Å². The molecule has 23 nitrogen and oxygen atoms in total. The van der Waals surface area contributed by atoms with Gasteiger partial charge in [-0.15, -0.1) is 11.8 Å². The fraction of sp³-hybridized carbons (Fsp3) is 1.00. The van der Waals surface area contributed by atoms with Crippen molar-refractivity contribution in [3.05, 3.63) is 0 Å². The summed E-state index contributed by atoms with van der Waals surface area (Å²) >= 11 is 1.36. The van der Waals surface area contributed by atoms with E-state index in [2.05, 4.69) is 0 Å². The van der Waals surface area contributed by atoms with Crippen LogP contribution in [0.5, 0.6) is 0 Å². The normalized spacial score (nSPS) is 41.1. The van der Waals surface area contributed by atoms with E-state index in [0.717, 1.165) is 0 Å². The molecule has 4 heterocycles. The molecule has 0 spiro atoms. The number of hydrogen-bond donors (Lipinski definition) is 16. The van der Waals surface area contributed by atoms with Crippen molar-refractivity contribution in [2.45, 2.75) is 227 Å². The number of thioether (sulfide) groups is 1. The fourth-order valence-corrected chi connectivity index (χ4v) is 7.25. The first-order chi connectivity index (χ1) is 29.0. The van der Waals surface area contributed by atoms with Crippen molar-refractivity contribution in [3.63, 3.8) is 0 Å². The predicted molar refractivity (Wildman–Crippen MR) is 225 cm³/mol. The maximum atomic E-state index is 9.75. The van der Waals surface area contributed by atoms with Gasteiger partial charge in [-0.1, -0.05) is 20.8 Å². The Balaban J connectivity index is 0.000000427. The van der Waals surface area contributed by atoms with Crippen LogP contribution < -0.4 is 0 Å². The zero-order valence-electron chi connectivity index (χ0n) is 38.8. The molecule has 4 fully saturated rings. The van der Waals surface area contributed by atoms with Crippen molar-refractivity contribution >= 4 is 11.8 Å². The Morgan fingerprint density at radius 1 is 0.328 bits per heavy atom. The molecule has 0 bridgehead atoms. The van der Waals surface area contributed by atoms with Gasteiger partial charge in [0.25, 0.3) is 0 Å². The average Bonchev–Trinajstić information content (AvgIpc) is 3.17. The third-order valence-electron chi connectivity index (χ3n) is 9.27. The van der Waals surface area contributed by atoms with E-state index in [1.54, 1.807) is 62.3 Å². The first-order valence-corrected chi connectivity index (χ1v) is 21.9. The maximum absolute atomic E-state index is 9.75. The van der Waals surface area contributed by atoms with E-state index in [9.17, 15) is 61.3 Å². The van der Waals surface area contributed by atoms with Gasteiger partial charge in [0.1, 0.15) is 103 Å². The number of aliphatic hydroxyl groups is 16. The molecule has 64 heavy (non-hydrogen) atoms. The largest absolute Gasteiger partial charge is 0.394 e. The Labute approximate surface area is 379 Å². The molecule has 0 aromatic heterocycles. The van der Waals surface area contributed by atoms with Gasteiger partial charge in [0.05, 0.1) is 43.2 Å². The summed E-state index contributed by atoms with van der Waals surface area (Å²) in [6, 6.07) is 0. The van der Waals surface area contributed by atoms with Crippen LogP contribution in [0.25, 0.3) is 0 Å². The molecular weight excluding hydrogens is 880 g/mol. The van der Waals surface area contributed by atoms with Crippen molar-refractivity contribution in [3.8, 4) is 0 Å². The average molecular weight is 961 g/mol. The van der Waals surface area contributed by atoms with Gasteiger partial charge in [0, 0.05) is 4.75 Å². The molecule has 16 N–H and O–H groups in total. The van der Waals surface area contributed by atoms with Crippen molar-refractivity contribution in [1.82, 2.24) is 0 Å². The summed E-state index contributed by atoms with van der Waals surface area (Å²) in [4.78, 5) is 0. The Morgan fingerprint density at radius 2 is 0.547 bits per heavy atom. The van der Waals surface area contributed by atoms with Crippen molar-refractivity contribution < 1.29 is 115 Å². The molecular formula is C40H80O23S. The summed E-state index contributed by atoms with van der Waals surface area (Å²) in [6.07, 6.45) is -22.7. The molecule has 0 aromatic rings. The monoisotopic (exact) mass is 960 g/mol. The summed E-state index contributed by atoms with van der Waals surface area (Å²) in [5, 5.41) is 151. The van der Waals surface area contributed by atoms with Crippen LogP contribution in [0, 0.1) is 0 Å². The first kappa shape index (κ1) is 61.4. The minimum Gasteiger partial charge on any atom is -0.394 e. The Hall–Kier alpha value is -0.570. The van der Waals surface area contributed by atoms with Gasteiger partial charge in [-0.3, -0.25) is 0 Å². The van der Waals surface area contributed by atoms with Crippen LogP contribution in [-0.2, 0) is 33.2 Å². The van der Waals surface area contributed by atoms with Crippen LogP contribution >= 0.6 is 11.8 Å². The number of ether oxygens (including phenoxy) is 7. The van der Waals surface area contributed by atoms with Crippen LogP contribution in [0.1, 0.15) is 83.1 Å². The van der Waals surface area contributed by atoms with Crippen LogP contribution in [0.4, 0.5) is 0 Å². The molecule has 0 radical (unpaired) electrons. The number of aliphatic hydroxyl groups excluding tert-OH is 16.